The Bertz CT molecular complexity index is 732. The van der Waals surface area contributed by atoms with Crippen molar-refractivity contribution in [3.63, 3.8) is 0 Å². The highest BCUT2D eigenvalue weighted by molar-refractivity contribution is 5.77. The highest BCUT2D eigenvalue weighted by atomic mass is 16.5. The second-order valence-electron chi connectivity index (χ2n) is 6.09. The number of nitrogens with zero attached hydrogens (tertiary/aromatic N) is 3. The third kappa shape index (κ3) is 4.78. The van der Waals surface area contributed by atoms with Crippen LogP contribution in [0, 0.1) is 11.3 Å². The zero-order valence-corrected chi connectivity index (χ0v) is 14.0. The van der Waals surface area contributed by atoms with Crippen LogP contribution in [0.1, 0.15) is 11.1 Å². The first kappa shape index (κ1) is 16.9. The van der Waals surface area contributed by atoms with Gasteiger partial charge in [0.05, 0.1) is 37.8 Å². The molecule has 0 atom stereocenters. The predicted molar refractivity (Wildman–Crippen MR) is 91.9 cm³/mol. The number of hydrogen-bond acceptors (Lipinski definition) is 4. The second kappa shape index (κ2) is 8.27. The Morgan fingerprint density at radius 2 is 1.84 bits per heavy atom. The van der Waals surface area contributed by atoms with Gasteiger partial charge < -0.3 is 14.5 Å². The van der Waals surface area contributed by atoms with Crippen LogP contribution in [-0.2, 0) is 11.3 Å². The summed E-state index contributed by atoms with van der Waals surface area (Å²) in [7, 11) is 0. The van der Waals surface area contributed by atoms with Crippen molar-refractivity contribution >= 4 is 5.91 Å². The molecule has 1 aliphatic rings. The Kier molecular flexibility index (Phi) is 5.60. The molecule has 25 heavy (non-hydrogen) atoms. The van der Waals surface area contributed by atoms with Crippen LogP contribution in [-0.4, -0.2) is 48.6 Å². The summed E-state index contributed by atoms with van der Waals surface area (Å²) < 4.78 is 5.53. The molecule has 128 valence electrons. The lowest BCUT2D eigenvalue weighted by atomic mass is 10.2. The van der Waals surface area contributed by atoms with Gasteiger partial charge in [-0.3, -0.25) is 9.78 Å². The van der Waals surface area contributed by atoms with Crippen LogP contribution >= 0.6 is 0 Å². The number of rotatable bonds is 5. The minimum atomic E-state index is 0.00678. The monoisotopic (exact) mass is 337 g/mol. The molecule has 1 fully saturated rings. The summed E-state index contributed by atoms with van der Waals surface area (Å²) in [6.45, 7) is 4.36. The van der Waals surface area contributed by atoms with Crippen molar-refractivity contribution in [3.8, 4) is 11.8 Å². The van der Waals surface area contributed by atoms with Crippen LogP contribution in [0.3, 0.4) is 0 Å². The molecule has 2 aromatic rings. The first-order chi connectivity index (χ1) is 12.2. The molecule has 1 N–H and O–H groups in total. The SMILES string of the molecule is N#Cc1ccc(OCC(=O)N2CC[NH+](Cc3ccncc3)CC2)cc1. The molecule has 1 aromatic heterocycles. The Labute approximate surface area is 147 Å². The van der Waals surface area contributed by atoms with E-state index in [2.05, 4.69) is 11.1 Å². The number of carbonyl (C=O) groups excluding carboxylic acids is 1. The quantitative estimate of drug-likeness (QED) is 0.850. The van der Waals surface area contributed by atoms with Crippen molar-refractivity contribution in [1.29, 1.82) is 5.26 Å². The highest BCUT2D eigenvalue weighted by Crippen LogP contribution is 2.11. The fourth-order valence-electron chi connectivity index (χ4n) is 2.90. The normalized spacial score (nSPS) is 14.8. The predicted octanol–water partition coefficient (Wildman–Crippen LogP) is 0.259. The Morgan fingerprint density at radius 1 is 1.16 bits per heavy atom. The Hall–Kier alpha value is -2.91. The maximum atomic E-state index is 12.3. The van der Waals surface area contributed by atoms with E-state index < -0.39 is 0 Å². The van der Waals surface area contributed by atoms with E-state index in [1.165, 1.54) is 10.5 Å². The van der Waals surface area contributed by atoms with Gasteiger partial charge in [0.1, 0.15) is 12.3 Å². The van der Waals surface area contributed by atoms with E-state index in [4.69, 9.17) is 10.00 Å². The lowest BCUT2D eigenvalue weighted by Gasteiger charge is -2.32. The van der Waals surface area contributed by atoms with Gasteiger partial charge in [0.2, 0.25) is 0 Å². The summed E-state index contributed by atoms with van der Waals surface area (Å²) in [4.78, 5) is 19.7. The standard InChI is InChI=1S/C19H20N4O2/c20-13-16-1-3-18(4-2-16)25-15-19(24)23-11-9-22(10-12-23)14-17-5-7-21-8-6-17/h1-8H,9-12,14-15H2/p+1. The number of nitrogens with one attached hydrogen (secondary N) is 1. The van der Waals surface area contributed by atoms with E-state index in [1.807, 2.05) is 29.4 Å². The molecule has 0 radical (unpaired) electrons. The largest absolute Gasteiger partial charge is 0.484 e. The molecule has 1 aromatic carbocycles. The number of benzene rings is 1. The Morgan fingerprint density at radius 3 is 2.48 bits per heavy atom. The van der Waals surface area contributed by atoms with Gasteiger partial charge in [-0.05, 0) is 36.4 Å². The van der Waals surface area contributed by atoms with Crippen LogP contribution in [0.15, 0.2) is 48.8 Å². The first-order valence-electron chi connectivity index (χ1n) is 8.38. The van der Waals surface area contributed by atoms with E-state index in [9.17, 15) is 4.79 Å². The first-order valence-corrected chi connectivity index (χ1v) is 8.38. The molecule has 0 aliphatic carbocycles. The van der Waals surface area contributed by atoms with Gasteiger partial charge in [0.15, 0.2) is 6.61 Å². The number of amides is 1. The molecule has 3 rings (SSSR count). The van der Waals surface area contributed by atoms with Crippen LogP contribution in [0.2, 0.25) is 0 Å². The zero-order chi connectivity index (χ0) is 17.5. The topological polar surface area (TPSA) is 70.7 Å². The molecular weight excluding hydrogens is 316 g/mol. The molecule has 0 bridgehead atoms. The molecule has 1 aliphatic heterocycles. The highest BCUT2D eigenvalue weighted by Gasteiger charge is 2.23. The molecule has 0 saturated carbocycles. The van der Waals surface area contributed by atoms with E-state index in [0.717, 1.165) is 32.7 Å². The number of piperazine rings is 1. The Balaban J connectivity index is 1.42. The third-order valence-corrected chi connectivity index (χ3v) is 4.37. The molecular formula is C19H21N4O2+. The zero-order valence-electron chi connectivity index (χ0n) is 14.0. The van der Waals surface area contributed by atoms with Crippen molar-refractivity contribution < 1.29 is 14.4 Å². The van der Waals surface area contributed by atoms with Crippen molar-refractivity contribution in [2.24, 2.45) is 0 Å². The van der Waals surface area contributed by atoms with E-state index in [1.54, 1.807) is 24.3 Å². The maximum absolute atomic E-state index is 12.3. The summed E-state index contributed by atoms with van der Waals surface area (Å²) in [5.74, 6) is 0.613. The van der Waals surface area contributed by atoms with Gasteiger partial charge in [-0.1, -0.05) is 0 Å². The molecule has 1 amide bonds. The number of nitriles is 1. The fraction of sp³-hybridized carbons (Fsp3) is 0.316. The summed E-state index contributed by atoms with van der Waals surface area (Å²) >= 11 is 0. The van der Waals surface area contributed by atoms with Gasteiger partial charge in [-0.25, -0.2) is 0 Å². The second-order valence-corrected chi connectivity index (χ2v) is 6.09. The summed E-state index contributed by atoms with van der Waals surface area (Å²) in [5, 5.41) is 8.77. The number of ether oxygens (including phenoxy) is 1. The minimum absolute atomic E-state index is 0.00678. The van der Waals surface area contributed by atoms with Crippen molar-refractivity contribution in [3.05, 3.63) is 59.9 Å². The summed E-state index contributed by atoms with van der Waals surface area (Å²) in [5.41, 5.74) is 1.85. The summed E-state index contributed by atoms with van der Waals surface area (Å²) in [6.07, 6.45) is 3.63. The number of hydrogen-bond donors (Lipinski definition) is 1. The van der Waals surface area contributed by atoms with E-state index >= 15 is 0 Å². The minimum Gasteiger partial charge on any atom is -0.484 e. The molecule has 2 heterocycles. The number of pyridine rings is 1. The van der Waals surface area contributed by atoms with Gasteiger partial charge in [-0.2, -0.15) is 5.26 Å². The van der Waals surface area contributed by atoms with Gasteiger partial charge in [-0.15, -0.1) is 0 Å². The fourth-order valence-corrected chi connectivity index (χ4v) is 2.90. The van der Waals surface area contributed by atoms with Crippen molar-refractivity contribution in [2.45, 2.75) is 6.54 Å². The maximum Gasteiger partial charge on any atom is 0.260 e. The lowest BCUT2D eigenvalue weighted by molar-refractivity contribution is -0.917. The van der Waals surface area contributed by atoms with Crippen LogP contribution < -0.4 is 9.64 Å². The molecule has 0 unspecified atom stereocenters. The average Bonchev–Trinajstić information content (AvgIpc) is 2.68. The van der Waals surface area contributed by atoms with Crippen LogP contribution in [0.4, 0.5) is 0 Å². The van der Waals surface area contributed by atoms with Gasteiger partial charge in [0, 0.05) is 18.0 Å². The third-order valence-electron chi connectivity index (χ3n) is 4.37. The number of aromatic nitrogens is 1. The van der Waals surface area contributed by atoms with E-state index in [0.29, 0.717) is 11.3 Å². The summed E-state index contributed by atoms with van der Waals surface area (Å²) in [6, 6.07) is 12.9. The van der Waals surface area contributed by atoms with Crippen molar-refractivity contribution in [2.75, 3.05) is 32.8 Å². The number of carbonyl (C=O) groups is 1. The molecule has 6 nitrogen and oxygen atoms in total. The smallest absolute Gasteiger partial charge is 0.260 e. The molecule has 0 spiro atoms. The van der Waals surface area contributed by atoms with Gasteiger partial charge >= 0.3 is 0 Å². The average molecular weight is 337 g/mol. The van der Waals surface area contributed by atoms with Crippen LogP contribution in [0.25, 0.3) is 0 Å². The van der Waals surface area contributed by atoms with E-state index in [-0.39, 0.29) is 12.5 Å². The van der Waals surface area contributed by atoms with Gasteiger partial charge in [0.25, 0.3) is 5.91 Å². The number of quaternary nitrogens is 1. The molecule has 6 heteroatoms. The lowest BCUT2D eigenvalue weighted by Crippen LogP contribution is -3.13. The van der Waals surface area contributed by atoms with Crippen molar-refractivity contribution in [1.82, 2.24) is 9.88 Å². The van der Waals surface area contributed by atoms with Crippen LogP contribution in [0.5, 0.6) is 5.75 Å². The molecule has 1 saturated heterocycles.